The fourth-order valence-corrected chi connectivity index (χ4v) is 2.18. The van der Waals surface area contributed by atoms with Gasteiger partial charge in [0.2, 0.25) is 10.0 Å². The van der Waals surface area contributed by atoms with E-state index in [1.54, 1.807) is 0 Å². The van der Waals surface area contributed by atoms with Crippen LogP contribution in [0.3, 0.4) is 0 Å². The second kappa shape index (κ2) is 5.45. The molecule has 2 N–H and O–H groups in total. The molecule has 0 aliphatic heterocycles. The Kier molecular flexibility index (Phi) is 4.01. The normalized spacial score (nSPS) is 12.6. The lowest BCUT2D eigenvalue weighted by Gasteiger charge is -2.11. The van der Waals surface area contributed by atoms with Gasteiger partial charge >= 0.3 is 6.18 Å². The fraction of sp³-hybridized carbons (Fsp3) is 0.273. The van der Waals surface area contributed by atoms with Crippen LogP contribution in [0.5, 0.6) is 0 Å². The van der Waals surface area contributed by atoms with E-state index in [1.807, 2.05) is 0 Å². The third kappa shape index (κ3) is 4.02. The van der Waals surface area contributed by atoms with Crippen LogP contribution in [0.15, 0.2) is 30.5 Å². The molecule has 1 aromatic carbocycles. The molecule has 0 spiro atoms. The summed E-state index contributed by atoms with van der Waals surface area (Å²) in [5, 5.41) is 12.1. The van der Waals surface area contributed by atoms with Gasteiger partial charge in [-0.15, -0.1) is 5.10 Å². The van der Waals surface area contributed by atoms with E-state index < -0.39 is 21.8 Å². The first-order chi connectivity index (χ1) is 9.67. The number of nitrogens with zero attached hydrogens (tertiary/aromatic N) is 3. The molecule has 1 heterocycles. The van der Waals surface area contributed by atoms with Crippen LogP contribution in [0, 0.1) is 0 Å². The lowest BCUT2D eigenvalue weighted by Crippen LogP contribution is -2.18. The summed E-state index contributed by atoms with van der Waals surface area (Å²) in [5.74, 6) is -0.355. The van der Waals surface area contributed by atoms with Crippen molar-refractivity contribution in [2.45, 2.75) is 12.6 Å². The average molecular weight is 320 g/mol. The Morgan fingerprint density at radius 1 is 1.24 bits per heavy atom. The summed E-state index contributed by atoms with van der Waals surface area (Å²) in [6, 6.07) is 4.89. The van der Waals surface area contributed by atoms with Gasteiger partial charge < -0.3 is 0 Å². The van der Waals surface area contributed by atoms with Crippen molar-refractivity contribution in [3.05, 3.63) is 41.7 Å². The molecular weight excluding hydrogens is 309 g/mol. The van der Waals surface area contributed by atoms with E-state index in [0.29, 0.717) is 0 Å². The zero-order chi connectivity index (χ0) is 15.7. The molecular formula is C11H11F3N4O2S. The maximum Gasteiger partial charge on any atom is 0.418 e. The van der Waals surface area contributed by atoms with E-state index in [2.05, 4.69) is 10.3 Å². The summed E-state index contributed by atoms with van der Waals surface area (Å²) in [7, 11) is -3.67. The summed E-state index contributed by atoms with van der Waals surface area (Å²) >= 11 is 0. The van der Waals surface area contributed by atoms with E-state index >= 15 is 0 Å². The smallest absolute Gasteiger partial charge is 0.229 e. The Morgan fingerprint density at radius 2 is 1.90 bits per heavy atom. The van der Waals surface area contributed by atoms with Crippen molar-refractivity contribution in [2.75, 3.05) is 5.75 Å². The van der Waals surface area contributed by atoms with Gasteiger partial charge in [0, 0.05) is 6.42 Å². The maximum atomic E-state index is 12.9. The Labute approximate surface area is 118 Å². The molecule has 0 radical (unpaired) electrons. The largest absolute Gasteiger partial charge is 0.418 e. The van der Waals surface area contributed by atoms with Crippen molar-refractivity contribution in [1.29, 1.82) is 0 Å². The van der Waals surface area contributed by atoms with E-state index in [1.165, 1.54) is 24.4 Å². The highest BCUT2D eigenvalue weighted by molar-refractivity contribution is 7.89. The van der Waals surface area contributed by atoms with Crippen LogP contribution < -0.4 is 5.14 Å². The van der Waals surface area contributed by atoms with E-state index in [-0.39, 0.29) is 23.6 Å². The number of nitrogens with two attached hydrogens (primary N) is 1. The first-order valence-corrected chi connectivity index (χ1v) is 7.47. The van der Waals surface area contributed by atoms with Gasteiger partial charge in [-0.05, 0) is 12.1 Å². The highest BCUT2D eigenvalue weighted by Crippen LogP contribution is 2.33. The molecule has 2 rings (SSSR count). The minimum Gasteiger partial charge on any atom is -0.229 e. The van der Waals surface area contributed by atoms with Crippen molar-refractivity contribution in [1.82, 2.24) is 15.0 Å². The second-order valence-electron chi connectivity index (χ2n) is 4.29. The third-order valence-electron chi connectivity index (χ3n) is 2.64. The van der Waals surface area contributed by atoms with Crippen LogP contribution in [-0.2, 0) is 22.6 Å². The maximum absolute atomic E-state index is 12.9. The van der Waals surface area contributed by atoms with Crippen LogP contribution in [0.4, 0.5) is 13.2 Å². The first-order valence-electron chi connectivity index (χ1n) is 5.75. The Bertz CT molecular complexity index is 740. The molecule has 0 amide bonds. The molecule has 10 heteroatoms. The number of primary sulfonamides is 1. The number of hydrogen-bond acceptors (Lipinski definition) is 4. The van der Waals surface area contributed by atoms with Gasteiger partial charge in [0.25, 0.3) is 0 Å². The molecule has 0 aliphatic rings. The Hall–Kier alpha value is -1.94. The molecule has 21 heavy (non-hydrogen) atoms. The van der Waals surface area contributed by atoms with E-state index in [0.717, 1.165) is 10.7 Å². The molecule has 0 aliphatic carbocycles. The number of rotatable bonds is 4. The average Bonchev–Trinajstić information content (AvgIpc) is 2.83. The number of para-hydroxylation sites is 1. The lowest BCUT2D eigenvalue weighted by molar-refractivity contribution is -0.137. The van der Waals surface area contributed by atoms with Crippen molar-refractivity contribution in [3.8, 4) is 5.69 Å². The first kappa shape index (κ1) is 15.4. The highest BCUT2D eigenvalue weighted by Gasteiger charge is 2.33. The van der Waals surface area contributed by atoms with Gasteiger partial charge in [-0.25, -0.2) is 18.2 Å². The second-order valence-corrected chi connectivity index (χ2v) is 6.02. The standard InChI is InChI=1S/C11H11F3N4O2S/c12-11(13,14)9-3-1-2-4-10(9)18-7-8(16-17-18)5-6-21(15,19)20/h1-4,7H,5-6H2,(H2,15,19,20). The highest BCUT2D eigenvalue weighted by atomic mass is 32.2. The Balaban J connectivity index is 2.30. The molecule has 0 saturated carbocycles. The van der Waals surface area contributed by atoms with E-state index in [4.69, 9.17) is 5.14 Å². The quantitative estimate of drug-likeness (QED) is 0.914. The number of aromatic nitrogens is 3. The molecule has 6 nitrogen and oxygen atoms in total. The van der Waals surface area contributed by atoms with Gasteiger partial charge in [-0.2, -0.15) is 13.2 Å². The van der Waals surface area contributed by atoms with Crippen molar-refractivity contribution in [2.24, 2.45) is 5.14 Å². The molecule has 0 bridgehead atoms. The molecule has 114 valence electrons. The van der Waals surface area contributed by atoms with Crippen LogP contribution in [0.25, 0.3) is 5.69 Å². The van der Waals surface area contributed by atoms with Gasteiger partial charge in [-0.3, -0.25) is 0 Å². The number of halogens is 3. The fourth-order valence-electron chi connectivity index (χ4n) is 1.69. The monoisotopic (exact) mass is 320 g/mol. The minimum atomic E-state index is -4.52. The van der Waals surface area contributed by atoms with Gasteiger partial charge in [-0.1, -0.05) is 17.3 Å². The number of hydrogen-bond donors (Lipinski definition) is 1. The molecule has 1 aromatic heterocycles. The number of sulfonamides is 1. The number of aryl methyl sites for hydroxylation is 1. The molecule has 0 unspecified atom stereocenters. The topological polar surface area (TPSA) is 90.9 Å². The summed E-state index contributed by atoms with van der Waals surface area (Å²) in [6.07, 6.45) is -3.30. The zero-order valence-electron chi connectivity index (χ0n) is 10.6. The predicted octanol–water partition coefficient (Wildman–Crippen LogP) is 1.12. The van der Waals surface area contributed by atoms with Crippen LogP contribution in [0.1, 0.15) is 11.3 Å². The number of benzene rings is 1. The van der Waals surface area contributed by atoms with Crippen molar-refractivity contribution >= 4 is 10.0 Å². The predicted molar refractivity (Wildman–Crippen MR) is 68.0 cm³/mol. The van der Waals surface area contributed by atoms with Crippen LogP contribution in [-0.4, -0.2) is 29.2 Å². The van der Waals surface area contributed by atoms with Crippen LogP contribution >= 0.6 is 0 Å². The van der Waals surface area contributed by atoms with Gasteiger partial charge in [0.05, 0.1) is 28.9 Å². The molecule has 0 fully saturated rings. The number of alkyl halides is 3. The lowest BCUT2D eigenvalue weighted by atomic mass is 10.1. The molecule has 0 saturated heterocycles. The zero-order valence-corrected chi connectivity index (χ0v) is 11.4. The van der Waals surface area contributed by atoms with Crippen LogP contribution in [0.2, 0.25) is 0 Å². The van der Waals surface area contributed by atoms with Gasteiger partial charge in [0.15, 0.2) is 0 Å². The molecule has 2 aromatic rings. The summed E-state index contributed by atoms with van der Waals surface area (Å²) in [5.41, 5.74) is -0.798. The SMILES string of the molecule is NS(=O)(=O)CCc1cn(-c2ccccc2C(F)(F)F)nn1. The minimum absolute atomic E-state index is 0.0208. The van der Waals surface area contributed by atoms with Gasteiger partial charge in [0.1, 0.15) is 0 Å². The molecule has 0 atom stereocenters. The summed E-state index contributed by atoms with van der Waals surface area (Å²) in [6.45, 7) is 0. The Morgan fingerprint density at radius 3 is 2.52 bits per heavy atom. The summed E-state index contributed by atoms with van der Waals surface area (Å²) in [4.78, 5) is 0. The summed E-state index contributed by atoms with van der Waals surface area (Å²) < 4.78 is 61.3. The third-order valence-corrected chi connectivity index (χ3v) is 3.41. The van der Waals surface area contributed by atoms with E-state index in [9.17, 15) is 21.6 Å². The van der Waals surface area contributed by atoms with Crippen molar-refractivity contribution in [3.63, 3.8) is 0 Å². The van der Waals surface area contributed by atoms with Crippen molar-refractivity contribution < 1.29 is 21.6 Å².